The average molecular weight is 284 g/mol. The highest BCUT2D eigenvalue weighted by Gasteiger charge is 2.27. The lowest BCUT2D eigenvalue weighted by molar-refractivity contribution is -0.160. The van der Waals surface area contributed by atoms with Crippen molar-refractivity contribution in [3.05, 3.63) is 71.8 Å². The highest BCUT2D eigenvalue weighted by atomic mass is 16.6. The van der Waals surface area contributed by atoms with Crippen LogP contribution in [0.1, 0.15) is 37.2 Å². The molecular weight excluding hydrogens is 264 g/mol. The molecule has 0 aromatic heterocycles. The van der Waals surface area contributed by atoms with Gasteiger partial charge in [0, 0.05) is 0 Å². The van der Waals surface area contributed by atoms with E-state index in [0.29, 0.717) is 0 Å². The molecule has 1 N–H and O–H groups in total. The number of ether oxygens (including phenoxy) is 1. The number of carbonyl (C=O) groups is 1. The molecular formula is C18H20O3. The molecule has 0 saturated heterocycles. The van der Waals surface area contributed by atoms with Crippen LogP contribution in [0.4, 0.5) is 0 Å². The Bertz CT molecular complexity index is 564. The van der Waals surface area contributed by atoms with E-state index in [4.69, 9.17) is 4.74 Å². The Morgan fingerprint density at radius 1 is 0.905 bits per heavy atom. The first-order valence-corrected chi connectivity index (χ1v) is 7.08. The van der Waals surface area contributed by atoms with E-state index in [1.807, 2.05) is 60.7 Å². The number of carbonyl (C=O) groups excluding carboxylic acids is 1. The Morgan fingerprint density at radius 2 is 1.38 bits per heavy atom. The van der Waals surface area contributed by atoms with Crippen LogP contribution in [-0.2, 0) is 9.53 Å². The molecule has 2 aromatic rings. The van der Waals surface area contributed by atoms with Gasteiger partial charge in [-0.25, -0.2) is 0 Å². The molecule has 0 radical (unpaired) electrons. The average Bonchev–Trinajstić information content (AvgIpc) is 2.53. The van der Waals surface area contributed by atoms with E-state index in [2.05, 4.69) is 0 Å². The van der Waals surface area contributed by atoms with Gasteiger partial charge in [0.2, 0.25) is 0 Å². The minimum absolute atomic E-state index is 0.237. The Morgan fingerprint density at radius 3 is 1.86 bits per heavy atom. The van der Waals surface area contributed by atoms with Crippen LogP contribution in [0, 0.1) is 5.92 Å². The van der Waals surface area contributed by atoms with Crippen molar-refractivity contribution < 1.29 is 14.6 Å². The SMILES string of the molecule is CC(C)C(=O)O[C@@H](c1ccccc1)[C@H](O)c1ccccc1. The Kier molecular flexibility index (Phi) is 5.12. The summed E-state index contributed by atoms with van der Waals surface area (Å²) in [6.45, 7) is 3.55. The van der Waals surface area contributed by atoms with E-state index in [1.54, 1.807) is 13.8 Å². The maximum absolute atomic E-state index is 11.9. The maximum Gasteiger partial charge on any atom is 0.309 e. The van der Waals surface area contributed by atoms with Crippen molar-refractivity contribution in [2.45, 2.75) is 26.1 Å². The molecule has 2 aromatic carbocycles. The summed E-state index contributed by atoms with van der Waals surface area (Å²) >= 11 is 0. The van der Waals surface area contributed by atoms with Crippen LogP contribution in [0.2, 0.25) is 0 Å². The van der Waals surface area contributed by atoms with Crippen LogP contribution >= 0.6 is 0 Å². The van der Waals surface area contributed by atoms with Crippen LogP contribution in [0.3, 0.4) is 0 Å². The van der Waals surface area contributed by atoms with Crippen LogP contribution in [0.15, 0.2) is 60.7 Å². The molecule has 110 valence electrons. The van der Waals surface area contributed by atoms with E-state index in [1.165, 1.54) is 0 Å². The van der Waals surface area contributed by atoms with Gasteiger partial charge in [-0.2, -0.15) is 0 Å². The zero-order valence-electron chi connectivity index (χ0n) is 12.3. The van der Waals surface area contributed by atoms with E-state index >= 15 is 0 Å². The van der Waals surface area contributed by atoms with Crippen molar-refractivity contribution in [3.63, 3.8) is 0 Å². The highest BCUT2D eigenvalue weighted by molar-refractivity contribution is 5.71. The van der Waals surface area contributed by atoms with Gasteiger partial charge in [-0.15, -0.1) is 0 Å². The van der Waals surface area contributed by atoms with Gasteiger partial charge in [0.15, 0.2) is 6.10 Å². The monoisotopic (exact) mass is 284 g/mol. The quantitative estimate of drug-likeness (QED) is 0.852. The molecule has 0 heterocycles. The predicted octanol–water partition coefficient (Wildman–Crippen LogP) is 3.66. The second-order valence-corrected chi connectivity index (χ2v) is 5.28. The molecule has 0 aliphatic carbocycles. The van der Waals surface area contributed by atoms with Crippen LogP contribution in [-0.4, -0.2) is 11.1 Å². The Labute approximate surface area is 125 Å². The normalized spacial score (nSPS) is 13.7. The van der Waals surface area contributed by atoms with Gasteiger partial charge >= 0.3 is 5.97 Å². The molecule has 2 atom stereocenters. The molecule has 0 spiro atoms. The van der Waals surface area contributed by atoms with Gasteiger partial charge in [-0.05, 0) is 11.1 Å². The van der Waals surface area contributed by atoms with Gasteiger partial charge in [0.05, 0.1) is 5.92 Å². The number of esters is 1. The zero-order chi connectivity index (χ0) is 15.2. The summed E-state index contributed by atoms with van der Waals surface area (Å²) in [6.07, 6.45) is -1.60. The fraction of sp³-hybridized carbons (Fsp3) is 0.278. The van der Waals surface area contributed by atoms with Gasteiger partial charge in [0.1, 0.15) is 6.10 Å². The molecule has 3 heteroatoms. The summed E-state index contributed by atoms with van der Waals surface area (Å²) in [5.41, 5.74) is 1.51. The summed E-state index contributed by atoms with van der Waals surface area (Å²) in [4.78, 5) is 11.9. The zero-order valence-corrected chi connectivity index (χ0v) is 12.3. The molecule has 0 bridgehead atoms. The fourth-order valence-corrected chi connectivity index (χ4v) is 2.04. The van der Waals surface area contributed by atoms with E-state index in [9.17, 15) is 9.90 Å². The maximum atomic E-state index is 11.9. The third-order valence-corrected chi connectivity index (χ3v) is 3.27. The van der Waals surface area contributed by atoms with Gasteiger partial charge in [-0.1, -0.05) is 74.5 Å². The molecule has 0 aliphatic heterocycles. The molecule has 0 fully saturated rings. The Balaban J connectivity index is 2.30. The van der Waals surface area contributed by atoms with Crippen LogP contribution in [0.25, 0.3) is 0 Å². The van der Waals surface area contributed by atoms with Crippen LogP contribution in [0.5, 0.6) is 0 Å². The number of aliphatic hydroxyl groups excluding tert-OH is 1. The van der Waals surface area contributed by atoms with Gasteiger partial charge in [-0.3, -0.25) is 4.79 Å². The molecule has 0 aliphatic rings. The van der Waals surface area contributed by atoms with E-state index in [-0.39, 0.29) is 11.9 Å². The third kappa shape index (κ3) is 3.92. The fourth-order valence-electron chi connectivity index (χ4n) is 2.04. The van der Waals surface area contributed by atoms with E-state index < -0.39 is 12.2 Å². The predicted molar refractivity (Wildman–Crippen MR) is 81.5 cm³/mol. The number of rotatable bonds is 5. The van der Waals surface area contributed by atoms with Crippen molar-refractivity contribution >= 4 is 5.97 Å². The molecule has 3 nitrogen and oxygen atoms in total. The van der Waals surface area contributed by atoms with Crippen molar-refractivity contribution in [1.82, 2.24) is 0 Å². The summed E-state index contributed by atoms with van der Waals surface area (Å²) in [5, 5.41) is 10.6. The minimum Gasteiger partial charge on any atom is -0.454 e. The number of aliphatic hydroxyl groups is 1. The van der Waals surface area contributed by atoms with Gasteiger partial charge in [0.25, 0.3) is 0 Å². The van der Waals surface area contributed by atoms with Crippen molar-refractivity contribution in [1.29, 1.82) is 0 Å². The molecule has 2 rings (SSSR count). The number of hydrogen-bond acceptors (Lipinski definition) is 3. The first kappa shape index (κ1) is 15.3. The number of benzene rings is 2. The van der Waals surface area contributed by atoms with Crippen molar-refractivity contribution in [3.8, 4) is 0 Å². The third-order valence-electron chi connectivity index (χ3n) is 3.27. The minimum atomic E-state index is -0.892. The lowest BCUT2D eigenvalue weighted by Gasteiger charge is -2.24. The largest absolute Gasteiger partial charge is 0.454 e. The molecule has 0 saturated carbocycles. The first-order chi connectivity index (χ1) is 10.1. The smallest absolute Gasteiger partial charge is 0.309 e. The van der Waals surface area contributed by atoms with Crippen molar-refractivity contribution in [2.24, 2.45) is 5.92 Å². The first-order valence-electron chi connectivity index (χ1n) is 7.08. The lowest BCUT2D eigenvalue weighted by atomic mass is 9.98. The van der Waals surface area contributed by atoms with Crippen LogP contribution < -0.4 is 0 Å². The topological polar surface area (TPSA) is 46.5 Å². The second kappa shape index (κ2) is 7.04. The summed E-state index contributed by atoms with van der Waals surface area (Å²) in [6, 6.07) is 18.6. The standard InChI is InChI=1S/C18H20O3/c1-13(2)18(20)21-17(15-11-7-4-8-12-15)16(19)14-9-5-3-6-10-14/h3-13,16-17,19H,1-2H3/t16-,17+/m1/s1. The Hall–Kier alpha value is -2.13. The summed E-state index contributed by atoms with van der Waals surface area (Å²) in [5.74, 6) is -0.557. The van der Waals surface area contributed by atoms with Crippen molar-refractivity contribution in [2.75, 3.05) is 0 Å². The van der Waals surface area contributed by atoms with E-state index in [0.717, 1.165) is 11.1 Å². The molecule has 0 amide bonds. The second-order valence-electron chi connectivity index (χ2n) is 5.28. The molecule has 21 heavy (non-hydrogen) atoms. The molecule has 0 unspecified atom stereocenters. The highest BCUT2D eigenvalue weighted by Crippen LogP contribution is 2.32. The summed E-state index contributed by atoms with van der Waals surface area (Å²) < 4.78 is 5.53. The van der Waals surface area contributed by atoms with Gasteiger partial charge < -0.3 is 9.84 Å². The lowest BCUT2D eigenvalue weighted by Crippen LogP contribution is -2.21. The summed E-state index contributed by atoms with van der Waals surface area (Å²) in [7, 11) is 0. The number of hydrogen-bond donors (Lipinski definition) is 1.